The minimum Gasteiger partial charge on any atom is -0.453 e. The molecule has 3 heterocycles. The third-order valence-electron chi connectivity index (χ3n) is 4.87. The lowest BCUT2D eigenvalue weighted by atomic mass is 10.1. The van der Waals surface area contributed by atoms with E-state index in [2.05, 4.69) is 25.3 Å². The Morgan fingerprint density at radius 2 is 1.82 bits per heavy atom. The SMILES string of the molecule is O=C(Nc1ccc(Oc2ccnc3[nH]ccc23)c(F)c1)c1cc(-c2ccc(Cl)cc2)ncn1. The van der Waals surface area contributed by atoms with Gasteiger partial charge in [0.1, 0.15) is 23.4 Å². The van der Waals surface area contributed by atoms with E-state index in [1.807, 2.05) is 0 Å². The van der Waals surface area contributed by atoms with Crippen LogP contribution in [0, 0.1) is 5.82 Å². The summed E-state index contributed by atoms with van der Waals surface area (Å²) in [5, 5.41) is 3.97. The number of nitrogens with zero attached hydrogens (tertiary/aromatic N) is 3. The highest BCUT2D eigenvalue weighted by Crippen LogP contribution is 2.31. The molecule has 7 nitrogen and oxygen atoms in total. The Balaban J connectivity index is 1.33. The zero-order chi connectivity index (χ0) is 22.8. The first-order chi connectivity index (χ1) is 16.1. The van der Waals surface area contributed by atoms with Crippen molar-refractivity contribution in [2.45, 2.75) is 0 Å². The molecule has 0 atom stereocenters. The number of H-pyrrole nitrogens is 1. The zero-order valence-electron chi connectivity index (χ0n) is 16.9. The maximum atomic E-state index is 14.7. The van der Waals surface area contributed by atoms with Gasteiger partial charge in [-0.05, 0) is 42.5 Å². The van der Waals surface area contributed by atoms with Gasteiger partial charge in [-0.3, -0.25) is 4.79 Å². The summed E-state index contributed by atoms with van der Waals surface area (Å²) in [6.45, 7) is 0. The van der Waals surface area contributed by atoms with Crippen LogP contribution in [0.1, 0.15) is 10.5 Å². The molecule has 0 saturated carbocycles. The third-order valence-corrected chi connectivity index (χ3v) is 5.12. The lowest BCUT2D eigenvalue weighted by Gasteiger charge is -2.10. The minimum atomic E-state index is -0.627. The Morgan fingerprint density at radius 3 is 2.64 bits per heavy atom. The van der Waals surface area contributed by atoms with Crippen LogP contribution in [0.3, 0.4) is 0 Å². The van der Waals surface area contributed by atoms with Crippen LogP contribution >= 0.6 is 11.6 Å². The average Bonchev–Trinajstić information content (AvgIpc) is 3.31. The fourth-order valence-corrected chi connectivity index (χ4v) is 3.39. The molecule has 5 rings (SSSR count). The highest BCUT2D eigenvalue weighted by molar-refractivity contribution is 6.30. The van der Waals surface area contributed by atoms with Crippen molar-refractivity contribution in [1.29, 1.82) is 0 Å². The van der Waals surface area contributed by atoms with E-state index in [1.54, 1.807) is 60.9 Å². The highest BCUT2D eigenvalue weighted by Gasteiger charge is 2.13. The van der Waals surface area contributed by atoms with E-state index in [0.717, 1.165) is 10.9 Å². The van der Waals surface area contributed by atoms with Gasteiger partial charge in [-0.25, -0.2) is 19.3 Å². The molecule has 2 N–H and O–H groups in total. The van der Waals surface area contributed by atoms with Gasteiger partial charge in [-0.1, -0.05) is 23.7 Å². The summed E-state index contributed by atoms with van der Waals surface area (Å²) in [5.41, 5.74) is 2.39. The van der Waals surface area contributed by atoms with Crippen LogP contribution in [0.4, 0.5) is 10.1 Å². The predicted molar refractivity (Wildman–Crippen MR) is 123 cm³/mol. The van der Waals surface area contributed by atoms with Gasteiger partial charge < -0.3 is 15.0 Å². The molecule has 0 spiro atoms. The second-order valence-electron chi connectivity index (χ2n) is 7.05. The molecule has 0 saturated heterocycles. The first kappa shape index (κ1) is 20.6. The molecule has 0 aliphatic carbocycles. The first-order valence-electron chi connectivity index (χ1n) is 9.86. The minimum absolute atomic E-state index is 0.0220. The fraction of sp³-hybridized carbons (Fsp3) is 0. The van der Waals surface area contributed by atoms with Crippen molar-refractivity contribution in [3.8, 4) is 22.8 Å². The summed E-state index contributed by atoms with van der Waals surface area (Å²) in [7, 11) is 0. The molecule has 2 aromatic carbocycles. The smallest absolute Gasteiger partial charge is 0.274 e. The van der Waals surface area contributed by atoms with E-state index in [1.165, 1.54) is 18.5 Å². The Labute approximate surface area is 192 Å². The summed E-state index contributed by atoms with van der Waals surface area (Å²) in [5.74, 6) is -0.636. The number of halogens is 2. The van der Waals surface area contributed by atoms with Crippen LogP contribution in [0.5, 0.6) is 11.5 Å². The largest absolute Gasteiger partial charge is 0.453 e. The van der Waals surface area contributed by atoms with Crippen LogP contribution in [0.25, 0.3) is 22.3 Å². The Bertz CT molecular complexity index is 1470. The van der Waals surface area contributed by atoms with Crippen molar-refractivity contribution in [1.82, 2.24) is 19.9 Å². The second-order valence-corrected chi connectivity index (χ2v) is 7.48. The Morgan fingerprint density at radius 1 is 0.970 bits per heavy atom. The van der Waals surface area contributed by atoms with E-state index in [0.29, 0.717) is 22.1 Å². The zero-order valence-corrected chi connectivity index (χ0v) is 17.7. The molecule has 162 valence electrons. The molecule has 0 fully saturated rings. The van der Waals surface area contributed by atoms with Crippen LogP contribution < -0.4 is 10.1 Å². The van der Waals surface area contributed by atoms with Gasteiger partial charge in [0.05, 0.1) is 11.1 Å². The molecule has 0 bridgehead atoms. The second kappa shape index (κ2) is 8.68. The number of aromatic nitrogens is 4. The van der Waals surface area contributed by atoms with Gasteiger partial charge in [-0.15, -0.1) is 0 Å². The maximum absolute atomic E-state index is 14.7. The van der Waals surface area contributed by atoms with Crippen molar-refractivity contribution < 1.29 is 13.9 Å². The number of ether oxygens (including phenoxy) is 1. The number of pyridine rings is 1. The van der Waals surface area contributed by atoms with E-state index in [9.17, 15) is 9.18 Å². The third kappa shape index (κ3) is 4.37. The highest BCUT2D eigenvalue weighted by atomic mass is 35.5. The number of anilines is 1. The topological polar surface area (TPSA) is 92.8 Å². The van der Waals surface area contributed by atoms with Crippen LogP contribution in [0.15, 0.2) is 79.4 Å². The standard InChI is InChI=1S/C24H15ClFN5O2/c25-15-3-1-14(2-4-15)19-12-20(30-13-29-19)24(32)31-16-5-6-22(18(26)11-16)33-21-8-10-28-23-17(21)7-9-27-23/h1-13H,(H,27,28)(H,31,32). The maximum Gasteiger partial charge on any atom is 0.274 e. The number of carbonyl (C=O) groups excluding carboxylic acids is 1. The lowest BCUT2D eigenvalue weighted by Crippen LogP contribution is -2.14. The van der Waals surface area contributed by atoms with Crippen LogP contribution in [-0.4, -0.2) is 25.8 Å². The van der Waals surface area contributed by atoms with Crippen molar-refractivity contribution in [3.05, 3.63) is 95.9 Å². The molecule has 0 aliphatic rings. The molecule has 0 aliphatic heterocycles. The number of amides is 1. The molecule has 9 heteroatoms. The number of nitrogens with one attached hydrogen (secondary N) is 2. The number of benzene rings is 2. The van der Waals surface area contributed by atoms with Crippen LogP contribution in [-0.2, 0) is 0 Å². The number of hydrogen-bond acceptors (Lipinski definition) is 5. The van der Waals surface area contributed by atoms with E-state index in [-0.39, 0.29) is 17.1 Å². The first-order valence-corrected chi connectivity index (χ1v) is 10.2. The van der Waals surface area contributed by atoms with Crippen molar-refractivity contribution in [3.63, 3.8) is 0 Å². The molecule has 3 aromatic heterocycles. The fourth-order valence-electron chi connectivity index (χ4n) is 3.26. The number of carbonyl (C=O) groups is 1. The molecule has 0 radical (unpaired) electrons. The van der Waals surface area contributed by atoms with Gasteiger partial charge in [0.25, 0.3) is 5.91 Å². The number of hydrogen-bond donors (Lipinski definition) is 2. The molecule has 0 unspecified atom stereocenters. The van der Waals surface area contributed by atoms with Crippen LogP contribution in [0.2, 0.25) is 5.02 Å². The Kier molecular flexibility index (Phi) is 5.42. The normalized spacial score (nSPS) is 10.8. The summed E-state index contributed by atoms with van der Waals surface area (Å²) >= 11 is 5.92. The molecular weight excluding hydrogens is 445 g/mol. The van der Waals surface area contributed by atoms with Gasteiger partial charge in [0.15, 0.2) is 11.6 Å². The summed E-state index contributed by atoms with van der Waals surface area (Å²) in [6.07, 6.45) is 4.60. The van der Waals surface area contributed by atoms with Crippen molar-refractivity contribution >= 4 is 34.2 Å². The van der Waals surface area contributed by atoms with E-state index in [4.69, 9.17) is 16.3 Å². The average molecular weight is 460 g/mol. The quantitative estimate of drug-likeness (QED) is 0.343. The van der Waals surface area contributed by atoms with E-state index < -0.39 is 11.7 Å². The summed E-state index contributed by atoms with van der Waals surface area (Å²) < 4.78 is 20.4. The number of rotatable bonds is 5. The van der Waals surface area contributed by atoms with Crippen molar-refractivity contribution in [2.75, 3.05) is 5.32 Å². The summed E-state index contributed by atoms with van der Waals surface area (Å²) in [4.78, 5) is 28.0. The number of fused-ring (bicyclic) bond motifs is 1. The van der Waals surface area contributed by atoms with Gasteiger partial charge in [0.2, 0.25) is 0 Å². The molecule has 5 aromatic rings. The predicted octanol–water partition coefficient (Wildman–Crippen LogP) is 5.86. The number of aromatic amines is 1. The Hall–Kier alpha value is -4.30. The van der Waals surface area contributed by atoms with Gasteiger partial charge in [-0.2, -0.15) is 0 Å². The molecular formula is C24H15ClFN5O2. The summed E-state index contributed by atoms with van der Waals surface area (Å²) in [6, 6.07) is 16.2. The lowest BCUT2D eigenvalue weighted by molar-refractivity contribution is 0.102. The molecule has 1 amide bonds. The molecule has 33 heavy (non-hydrogen) atoms. The van der Waals surface area contributed by atoms with Gasteiger partial charge >= 0.3 is 0 Å². The van der Waals surface area contributed by atoms with Gasteiger partial charge in [0, 0.05) is 34.7 Å². The van der Waals surface area contributed by atoms with Crippen molar-refractivity contribution in [2.24, 2.45) is 0 Å². The monoisotopic (exact) mass is 459 g/mol. The van der Waals surface area contributed by atoms with E-state index >= 15 is 0 Å².